The minimum atomic E-state index is -0.217. The van der Waals surface area contributed by atoms with Gasteiger partial charge in [-0.15, -0.1) is 0 Å². The highest BCUT2D eigenvalue weighted by Gasteiger charge is 2.00. The van der Waals surface area contributed by atoms with Crippen LogP contribution in [0.3, 0.4) is 0 Å². The van der Waals surface area contributed by atoms with E-state index in [1.807, 2.05) is 31.2 Å². The molecule has 82 valence electrons. The van der Waals surface area contributed by atoms with E-state index in [1.165, 1.54) is 23.9 Å². The van der Waals surface area contributed by atoms with Gasteiger partial charge in [0, 0.05) is 15.5 Å². The second-order valence-electron chi connectivity index (χ2n) is 3.64. The van der Waals surface area contributed by atoms with Crippen molar-refractivity contribution in [2.75, 3.05) is 5.73 Å². The molecule has 0 radical (unpaired) electrons. The number of nitrogens with two attached hydrogens (primary N) is 1. The summed E-state index contributed by atoms with van der Waals surface area (Å²) >= 11 is 1.51. The van der Waals surface area contributed by atoms with Gasteiger partial charge in [-0.05, 0) is 48.9 Å². The summed E-state index contributed by atoms with van der Waals surface area (Å²) in [6.45, 7) is 1.99. The molecule has 0 aliphatic carbocycles. The number of hydrogen-bond donors (Lipinski definition) is 1. The molecule has 0 spiro atoms. The van der Waals surface area contributed by atoms with Crippen LogP contribution in [0.5, 0.6) is 0 Å². The smallest absolute Gasteiger partial charge is 0.124 e. The van der Waals surface area contributed by atoms with Crippen LogP contribution in [0, 0.1) is 12.7 Å². The van der Waals surface area contributed by atoms with Gasteiger partial charge in [0.25, 0.3) is 0 Å². The van der Waals surface area contributed by atoms with E-state index in [9.17, 15) is 4.39 Å². The van der Waals surface area contributed by atoms with Gasteiger partial charge < -0.3 is 5.73 Å². The Labute approximate surface area is 98.5 Å². The maximum Gasteiger partial charge on any atom is 0.124 e. The molecule has 2 aromatic rings. The number of nitrogen functional groups attached to an aromatic ring is 1. The average molecular weight is 233 g/mol. The lowest BCUT2D eigenvalue weighted by atomic mass is 10.2. The molecular weight excluding hydrogens is 221 g/mol. The molecule has 0 aliphatic heterocycles. The third-order valence-corrected chi connectivity index (χ3v) is 3.07. The van der Waals surface area contributed by atoms with Gasteiger partial charge in [0.15, 0.2) is 0 Å². The van der Waals surface area contributed by atoms with Gasteiger partial charge >= 0.3 is 0 Å². The average Bonchev–Trinajstić information content (AvgIpc) is 2.15. The third-order valence-electron chi connectivity index (χ3n) is 2.10. The summed E-state index contributed by atoms with van der Waals surface area (Å²) in [5.41, 5.74) is 7.60. The molecule has 0 unspecified atom stereocenters. The predicted octanol–water partition coefficient (Wildman–Crippen LogP) is 3.87. The fourth-order valence-electron chi connectivity index (χ4n) is 1.50. The van der Waals surface area contributed by atoms with Crippen molar-refractivity contribution in [3.63, 3.8) is 0 Å². The van der Waals surface area contributed by atoms with Crippen LogP contribution in [0.2, 0.25) is 0 Å². The van der Waals surface area contributed by atoms with Crippen LogP contribution < -0.4 is 5.73 Å². The zero-order valence-electron chi connectivity index (χ0n) is 8.91. The predicted molar refractivity (Wildman–Crippen MR) is 66.1 cm³/mol. The van der Waals surface area contributed by atoms with Gasteiger partial charge in [0.05, 0.1) is 0 Å². The van der Waals surface area contributed by atoms with E-state index in [0.717, 1.165) is 21.0 Å². The van der Waals surface area contributed by atoms with Gasteiger partial charge in [-0.3, -0.25) is 0 Å². The van der Waals surface area contributed by atoms with Crippen molar-refractivity contribution in [1.82, 2.24) is 0 Å². The number of halogens is 1. The summed E-state index contributed by atoms with van der Waals surface area (Å²) in [4.78, 5) is 1.91. The molecule has 3 heteroatoms. The maximum atomic E-state index is 13.0. The highest BCUT2D eigenvalue weighted by molar-refractivity contribution is 7.99. The highest BCUT2D eigenvalue weighted by Crippen LogP contribution is 2.30. The molecular formula is C13H12FNS. The van der Waals surface area contributed by atoms with Crippen molar-refractivity contribution in [2.45, 2.75) is 16.7 Å². The molecule has 0 saturated heterocycles. The zero-order valence-corrected chi connectivity index (χ0v) is 9.72. The topological polar surface area (TPSA) is 26.0 Å². The van der Waals surface area contributed by atoms with E-state index in [0.29, 0.717) is 0 Å². The first-order valence-electron chi connectivity index (χ1n) is 4.94. The van der Waals surface area contributed by atoms with Crippen molar-refractivity contribution >= 4 is 17.4 Å². The van der Waals surface area contributed by atoms with Gasteiger partial charge in [-0.2, -0.15) is 0 Å². The summed E-state index contributed by atoms with van der Waals surface area (Å²) in [5.74, 6) is -0.217. The molecule has 0 heterocycles. The van der Waals surface area contributed by atoms with Crippen LogP contribution in [0.15, 0.2) is 52.3 Å². The monoisotopic (exact) mass is 233 g/mol. The van der Waals surface area contributed by atoms with Gasteiger partial charge in [-0.25, -0.2) is 4.39 Å². The van der Waals surface area contributed by atoms with E-state index in [2.05, 4.69) is 0 Å². The molecule has 0 fully saturated rings. The van der Waals surface area contributed by atoms with Crippen LogP contribution in [0.1, 0.15) is 5.56 Å². The summed E-state index contributed by atoms with van der Waals surface area (Å²) in [7, 11) is 0. The first-order chi connectivity index (χ1) is 7.63. The number of hydrogen-bond acceptors (Lipinski definition) is 2. The van der Waals surface area contributed by atoms with E-state index in [-0.39, 0.29) is 5.82 Å². The Morgan fingerprint density at radius 2 is 1.88 bits per heavy atom. The Morgan fingerprint density at radius 1 is 1.06 bits per heavy atom. The number of benzene rings is 2. The Morgan fingerprint density at radius 3 is 2.56 bits per heavy atom. The molecule has 0 atom stereocenters. The van der Waals surface area contributed by atoms with Gasteiger partial charge in [-0.1, -0.05) is 17.8 Å². The molecule has 0 bridgehead atoms. The van der Waals surface area contributed by atoms with Gasteiger partial charge in [0.2, 0.25) is 0 Å². The molecule has 2 N–H and O–H groups in total. The maximum absolute atomic E-state index is 13.0. The molecule has 0 amide bonds. The van der Waals surface area contributed by atoms with Crippen LogP contribution in [0.4, 0.5) is 10.1 Å². The van der Waals surface area contributed by atoms with Crippen LogP contribution in [0.25, 0.3) is 0 Å². The molecule has 16 heavy (non-hydrogen) atoms. The largest absolute Gasteiger partial charge is 0.399 e. The zero-order chi connectivity index (χ0) is 11.5. The minimum Gasteiger partial charge on any atom is -0.399 e. The van der Waals surface area contributed by atoms with Crippen molar-refractivity contribution in [3.05, 3.63) is 53.8 Å². The minimum absolute atomic E-state index is 0.217. The summed E-state index contributed by atoms with van der Waals surface area (Å²) in [6.07, 6.45) is 0. The standard InChI is InChI=1S/C13H12FNS/c1-9-5-11(15)8-13(6-9)16-12-4-2-3-10(14)7-12/h2-8H,15H2,1H3. The first kappa shape index (κ1) is 11.0. The fraction of sp³-hybridized carbons (Fsp3) is 0.0769. The van der Waals surface area contributed by atoms with Crippen molar-refractivity contribution < 1.29 is 4.39 Å². The quantitative estimate of drug-likeness (QED) is 0.797. The molecule has 0 saturated carbocycles. The summed E-state index contributed by atoms with van der Waals surface area (Å²) in [6, 6.07) is 12.4. The van der Waals surface area contributed by atoms with Crippen LogP contribution in [-0.2, 0) is 0 Å². The second kappa shape index (κ2) is 4.58. The molecule has 0 aromatic heterocycles. The lowest BCUT2D eigenvalue weighted by molar-refractivity contribution is 0.624. The third kappa shape index (κ3) is 2.76. The van der Waals surface area contributed by atoms with E-state index >= 15 is 0 Å². The van der Waals surface area contributed by atoms with E-state index in [4.69, 9.17) is 5.73 Å². The summed E-state index contributed by atoms with van der Waals surface area (Å²) in [5, 5.41) is 0. The molecule has 2 rings (SSSR count). The normalized spacial score (nSPS) is 10.4. The van der Waals surface area contributed by atoms with Crippen molar-refractivity contribution in [1.29, 1.82) is 0 Å². The van der Waals surface area contributed by atoms with Crippen molar-refractivity contribution in [3.8, 4) is 0 Å². The number of aryl methyl sites for hydroxylation is 1. The Hall–Kier alpha value is -1.48. The van der Waals surface area contributed by atoms with Crippen LogP contribution in [-0.4, -0.2) is 0 Å². The first-order valence-corrected chi connectivity index (χ1v) is 5.76. The Bertz CT molecular complexity index is 491. The molecule has 0 aliphatic rings. The number of rotatable bonds is 2. The molecule has 2 aromatic carbocycles. The summed E-state index contributed by atoms with van der Waals surface area (Å²) < 4.78 is 13.0. The Kier molecular flexibility index (Phi) is 3.15. The second-order valence-corrected chi connectivity index (χ2v) is 4.79. The lowest BCUT2D eigenvalue weighted by Gasteiger charge is -2.04. The lowest BCUT2D eigenvalue weighted by Crippen LogP contribution is -1.86. The van der Waals surface area contributed by atoms with E-state index in [1.54, 1.807) is 6.07 Å². The van der Waals surface area contributed by atoms with Gasteiger partial charge in [0.1, 0.15) is 5.82 Å². The highest BCUT2D eigenvalue weighted by atomic mass is 32.2. The molecule has 1 nitrogen and oxygen atoms in total. The fourth-order valence-corrected chi connectivity index (χ4v) is 2.53. The van der Waals surface area contributed by atoms with Crippen molar-refractivity contribution in [2.24, 2.45) is 0 Å². The Balaban J connectivity index is 2.27. The SMILES string of the molecule is Cc1cc(N)cc(Sc2cccc(F)c2)c1. The number of anilines is 1. The van der Waals surface area contributed by atoms with E-state index < -0.39 is 0 Å². The van der Waals surface area contributed by atoms with Crippen LogP contribution >= 0.6 is 11.8 Å².